The van der Waals surface area contributed by atoms with Crippen LogP contribution in [-0.2, 0) is 4.79 Å². The molecule has 2 atom stereocenters. The number of carbonyl (C=O) groups excluding carboxylic acids is 1. The van der Waals surface area contributed by atoms with Gasteiger partial charge in [-0.1, -0.05) is 6.42 Å². The van der Waals surface area contributed by atoms with Crippen LogP contribution in [-0.4, -0.2) is 57.7 Å². The molecule has 7 heteroatoms. The minimum Gasteiger partial charge on any atom is -0.480 e. The average molecular weight is 332 g/mol. The van der Waals surface area contributed by atoms with E-state index in [1.54, 1.807) is 16.7 Å². The standard InChI is InChI=1S/C14H24N2O3S2/c1-20-8-4-2-3-7-15-14(19)16-11(13(17)18)9-21-12(16)10-5-6-10/h10-12H,2-9H2,1H3,(H,15,19)(H,17,18). The number of unbranched alkanes of at least 4 members (excludes halogenated alkanes) is 2. The molecular formula is C14H24N2O3S2. The summed E-state index contributed by atoms with van der Waals surface area (Å²) >= 11 is 3.45. The molecule has 2 rings (SSSR count). The van der Waals surface area contributed by atoms with Gasteiger partial charge in [0.05, 0.1) is 5.37 Å². The van der Waals surface area contributed by atoms with Gasteiger partial charge in [0.15, 0.2) is 0 Å². The maximum absolute atomic E-state index is 12.3. The molecule has 2 unspecified atom stereocenters. The van der Waals surface area contributed by atoms with E-state index in [1.165, 1.54) is 6.42 Å². The number of carboxylic acids is 1. The van der Waals surface area contributed by atoms with Gasteiger partial charge in [0, 0.05) is 12.3 Å². The molecule has 21 heavy (non-hydrogen) atoms. The van der Waals surface area contributed by atoms with Gasteiger partial charge >= 0.3 is 12.0 Å². The van der Waals surface area contributed by atoms with Crippen LogP contribution in [0.1, 0.15) is 32.1 Å². The van der Waals surface area contributed by atoms with Crippen LogP contribution in [0.4, 0.5) is 4.79 Å². The molecule has 0 aromatic carbocycles. The quantitative estimate of drug-likeness (QED) is 0.668. The third kappa shape index (κ3) is 4.71. The molecule has 5 nitrogen and oxygen atoms in total. The Balaban J connectivity index is 1.78. The van der Waals surface area contributed by atoms with Crippen molar-refractivity contribution in [1.82, 2.24) is 10.2 Å². The van der Waals surface area contributed by atoms with Crippen molar-refractivity contribution in [2.75, 3.05) is 24.3 Å². The molecule has 0 spiro atoms. The summed E-state index contributed by atoms with van der Waals surface area (Å²) in [7, 11) is 0. The summed E-state index contributed by atoms with van der Waals surface area (Å²) in [6, 6.07) is -0.869. The molecule has 0 aromatic heterocycles. The Morgan fingerprint density at radius 1 is 1.33 bits per heavy atom. The zero-order chi connectivity index (χ0) is 15.2. The average Bonchev–Trinajstić information content (AvgIpc) is 3.20. The Hall–Kier alpha value is -0.560. The second kappa shape index (κ2) is 8.17. The molecule has 2 aliphatic rings. The van der Waals surface area contributed by atoms with Crippen LogP contribution in [0.15, 0.2) is 0 Å². The first-order valence-corrected chi connectivity index (χ1v) is 9.99. The number of nitrogens with one attached hydrogen (secondary N) is 1. The van der Waals surface area contributed by atoms with E-state index in [9.17, 15) is 14.7 Å². The summed E-state index contributed by atoms with van der Waals surface area (Å²) in [4.78, 5) is 25.2. The fourth-order valence-electron chi connectivity index (χ4n) is 2.55. The van der Waals surface area contributed by atoms with Crippen LogP contribution in [0, 0.1) is 5.92 Å². The van der Waals surface area contributed by atoms with Crippen molar-refractivity contribution in [3.8, 4) is 0 Å². The second-order valence-electron chi connectivity index (χ2n) is 5.61. The molecule has 2 N–H and O–H groups in total. The van der Waals surface area contributed by atoms with Gasteiger partial charge in [-0.15, -0.1) is 11.8 Å². The van der Waals surface area contributed by atoms with Gasteiger partial charge in [0.1, 0.15) is 6.04 Å². The van der Waals surface area contributed by atoms with Gasteiger partial charge in [-0.05, 0) is 43.6 Å². The van der Waals surface area contributed by atoms with Crippen LogP contribution in [0.5, 0.6) is 0 Å². The third-order valence-corrected chi connectivity index (χ3v) is 6.04. The number of amides is 2. The highest BCUT2D eigenvalue weighted by Gasteiger charge is 2.47. The fraction of sp³-hybridized carbons (Fsp3) is 0.857. The van der Waals surface area contributed by atoms with Crippen molar-refractivity contribution in [1.29, 1.82) is 0 Å². The zero-order valence-electron chi connectivity index (χ0n) is 12.4. The molecule has 1 aliphatic carbocycles. The normalized spacial score (nSPS) is 25.1. The first kappa shape index (κ1) is 16.8. The minimum atomic E-state index is -0.888. The van der Waals surface area contributed by atoms with Crippen molar-refractivity contribution >= 4 is 35.5 Å². The summed E-state index contributed by atoms with van der Waals surface area (Å²) in [5.41, 5.74) is 0. The predicted octanol–water partition coefficient (Wildman–Crippen LogP) is 2.47. The van der Waals surface area contributed by atoms with E-state index >= 15 is 0 Å². The largest absolute Gasteiger partial charge is 0.480 e. The molecule has 0 radical (unpaired) electrons. The number of carboxylic acid groups (broad SMARTS) is 1. The lowest BCUT2D eigenvalue weighted by Crippen LogP contribution is -2.50. The smallest absolute Gasteiger partial charge is 0.327 e. The molecule has 120 valence electrons. The van der Waals surface area contributed by atoms with Crippen molar-refractivity contribution < 1.29 is 14.7 Å². The Morgan fingerprint density at radius 3 is 2.71 bits per heavy atom. The second-order valence-corrected chi connectivity index (χ2v) is 7.74. The van der Waals surface area contributed by atoms with E-state index < -0.39 is 12.0 Å². The SMILES string of the molecule is CSCCCCCNC(=O)N1C(C(=O)O)CSC1C1CC1. The lowest BCUT2D eigenvalue weighted by molar-refractivity contribution is -0.141. The first-order valence-electron chi connectivity index (χ1n) is 7.54. The number of hydrogen-bond acceptors (Lipinski definition) is 4. The van der Waals surface area contributed by atoms with Gasteiger partial charge in [-0.25, -0.2) is 9.59 Å². The zero-order valence-corrected chi connectivity index (χ0v) is 14.0. The number of thioether (sulfide) groups is 2. The summed E-state index contributed by atoms with van der Waals surface area (Å²) in [6.45, 7) is 0.637. The molecular weight excluding hydrogens is 308 g/mol. The highest BCUT2D eigenvalue weighted by Crippen LogP contribution is 2.45. The maximum Gasteiger partial charge on any atom is 0.327 e. The lowest BCUT2D eigenvalue weighted by atomic mass is 10.2. The Labute approximate surface area is 134 Å². The minimum absolute atomic E-state index is 0.0580. The lowest BCUT2D eigenvalue weighted by Gasteiger charge is -2.27. The summed E-state index contributed by atoms with van der Waals surface area (Å²) in [5, 5.41) is 12.2. The van der Waals surface area contributed by atoms with E-state index in [0.29, 0.717) is 18.2 Å². The summed E-state index contributed by atoms with van der Waals surface area (Å²) in [5.74, 6) is 1.27. The van der Waals surface area contributed by atoms with Crippen molar-refractivity contribution in [3.63, 3.8) is 0 Å². The highest BCUT2D eigenvalue weighted by molar-refractivity contribution is 8.00. The topological polar surface area (TPSA) is 69.6 Å². The van der Waals surface area contributed by atoms with Crippen LogP contribution in [0.2, 0.25) is 0 Å². The van der Waals surface area contributed by atoms with Crippen LogP contribution < -0.4 is 5.32 Å². The Kier molecular flexibility index (Phi) is 6.54. The van der Waals surface area contributed by atoms with Crippen LogP contribution in [0.3, 0.4) is 0 Å². The fourth-order valence-corrected chi connectivity index (χ4v) is 4.68. The van der Waals surface area contributed by atoms with Gasteiger partial charge < -0.3 is 10.4 Å². The number of aliphatic carboxylic acids is 1. The van der Waals surface area contributed by atoms with Gasteiger partial charge in [-0.3, -0.25) is 4.90 Å². The Morgan fingerprint density at radius 2 is 2.10 bits per heavy atom. The molecule has 1 heterocycles. The Bertz CT molecular complexity index is 377. The number of hydrogen-bond donors (Lipinski definition) is 2. The number of nitrogens with zero attached hydrogens (tertiary/aromatic N) is 1. The molecule has 0 bridgehead atoms. The van der Waals surface area contributed by atoms with Crippen LogP contribution in [0.25, 0.3) is 0 Å². The summed E-state index contributed by atoms with van der Waals surface area (Å²) in [6.07, 6.45) is 7.55. The third-order valence-electron chi connectivity index (χ3n) is 3.88. The molecule has 1 saturated heterocycles. The molecule has 2 fully saturated rings. The summed E-state index contributed by atoms with van der Waals surface area (Å²) < 4.78 is 0. The van der Waals surface area contributed by atoms with Crippen molar-refractivity contribution in [2.24, 2.45) is 5.92 Å². The molecule has 0 aromatic rings. The first-order chi connectivity index (χ1) is 10.1. The maximum atomic E-state index is 12.3. The van der Waals surface area contributed by atoms with E-state index in [-0.39, 0.29) is 11.4 Å². The van der Waals surface area contributed by atoms with Crippen LogP contribution >= 0.6 is 23.5 Å². The number of carbonyl (C=O) groups is 2. The van der Waals surface area contributed by atoms with Crippen molar-refractivity contribution in [3.05, 3.63) is 0 Å². The highest BCUT2D eigenvalue weighted by atomic mass is 32.2. The molecule has 2 amide bonds. The van der Waals surface area contributed by atoms with E-state index in [0.717, 1.165) is 31.4 Å². The van der Waals surface area contributed by atoms with E-state index in [2.05, 4.69) is 11.6 Å². The number of rotatable bonds is 8. The van der Waals surface area contributed by atoms with Gasteiger partial charge in [0.2, 0.25) is 0 Å². The molecule has 1 saturated carbocycles. The predicted molar refractivity (Wildman–Crippen MR) is 87.9 cm³/mol. The van der Waals surface area contributed by atoms with Crippen molar-refractivity contribution in [2.45, 2.75) is 43.5 Å². The van der Waals surface area contributed by atoms with Gasteiger partial charge in [0.25, 0.3) is 0 Å². The molecule has 1 aliphatic heterocycles. The van der Waals surface area contributed by atoms with E-state index in [4.69, 9.17) is 0 Å². The van der Waals surface area contributed by atoms with Gasteiger partial charge in [-0.2, -0.15) is 11.8 Å². The monoisotopic (exact) mass is 332 g/mol. The number of urea groups is 1. The van der Waals surface area contributed by atoms with E-state index in [1.807, 2.05) is 11.8 Å².